The number of hydrogen-bond acceptors (Lipinski definition) is 4. The van der Waals surface area contributed by atoms with E-state index in [1.807, 2.05) is 121 Å². The summed E-state index contributed by atoms with van der Waals surface area (Å²) < 4.78 is 0. The molecule has 0 unspecified atom stereocenters. The van der Waals surface area contributed by atoms with Gasteiger partial charge in [0.15, 0.2) is 0 Å². The van der Waals surface area contributed by atoms with Crippen molar-refractivity contribution in [2.45, 2.75) is 40.0 Å². The normalized spacial score (nSPS) is 11.1. The minimum absolute atomic E-state index is 0.184. The van der Waals surface area contributed by atoms with Gasteiger partial charge in [-0.1, -0.05) is 135 Å². The Kier molecular flexibility index (Phi) is 11.6. The van der Waals surface area contributed by atoms with E-state index in [4.69, 9.17) is 0 Å². The molecule has 0 saturated carbocycles. The Morgan fingerprint density at radius 3 is 0.822 bits per heavy atom. The Bertz CT molecular complexity index is 1320. The van der Waals surface area contributed by atoms with Gasteiger partial charge < -0.3 is 21.3 Å². The van der Waals surface area contributed by atoms with Crippen LogP contribution in [0.2, 0.25) is 0 Å². The highest BCUT2D eigenvalue weighted by Gasteiger charge is 2.51. The molecule has 0 aliphatic rings. The van der Waals surface area contributed by atoms with Crippen LogP contribution >= 0.6 is 0 Å². The SMILES string of the molecule is CC(C)(C(C(=O)NCc1ccccc1)C(=O)NCc1ccccc1)C(C(=O)NCc1ccccc1)C(=O)NCc1ccccc1. The van der Waals surface area contributed by atoms with Gasteiger partial charge >= 0.3 is 0 Å². The first-order chi connectivity index (χ1) is 21.8. The molecular weight excluding hydrogens is 564 g/mol. The van der Waals surface area contributed by atoms with Crippen LogP contribution < -0.4 is 21.3 Å². The summed E-state index contributed by atoms with van der Waals surface area (Å²) in [5.41, 5.74) is 1.97. The molecule has 0 aromatic heterocycles. The van der Waals surface area contributed by atoms with Crippen LogP contribution in [0.4, 0.5) is 0 Å². The average Bonchev–Trinajstić information content (AvgIpc) is 3.06. The van der Waals surface area contributed by atoms with Crippen LogP contribution in [0.5, 0.6) is 0 Å². The van der Waals surface area contributed by atoms with Crippen LogP contribution in [-0.4, -0.2) is 23.6 Å². The number of nitrogens with one attached hydrogen (secondary N) is 4. The van der Waals surface area contributed by atoms with Crippen LogP contribution in [0, 0.1) is 17.3 Å². The van der Waals surface area contributed by atoms with Crippen molar-refractivity contribution in [1.29, 1.82) is 0 Å². The first kappa shape index (κ1) is 32.7. The standard InChI is InChI=1S/C37H40N4O4/c1-37(2,31(33(42)38-23-27-15-7-3-8-16-27)34(43)39-24-28-17-9-4-10-18-28)32(35(44)40-25-29-19-11-5-12-20-29)36(45)41-26-30-21-13-6-14-22-30/h3-22,31-32H,23-26H2,1-2H3,(H,38,42)(H,39,43)(H,40,44)(H,41,45). The van der Waals surface area contributed by atoms with Gasteiger partial charge in [0.1, 0.15) is 11.8 Å². The first-order valence-corrected chi connectivity index (χ1v) is 15.0. The van der Waals surface area contributed by atoms with Crippen molar-refractivity contribution in [2.24, 2.45) is 17.3 Å². The van der Waals surface area contributed by atoms with Gasteiger partial charge in [0.05, 0.1) is 0 Å². The first-order valence-electron chi connectivity index (χ1n) is 15.0. The molecule has 0 aliphatic heterocycles. The maximum absolute atomic E-state index is 13.9. The van der Waals surface area contributed by atoms with E-state index >= 15 is 0 Å². The summed E-state index contributed by atoms with van der Waals surface area (Å²) >= 11 is 0. The predicted molar refractivity (Wildman–Crippen MR) is 174 cm³/mol. The third kappa shape index (κ3) is 9.37. The van der Waals surface area contributed by atoms with Crippen LogP contribution in [0.25, 0.3) is 0 Å². The van der Waals surface area contributed by atoms with Gasteiger partial charge in [-0.15, -0.1) is 0 Å². The lowest BCUT2D eigenvalue weighted by atomic mass is 9.67. The second kappa shape index (κ2) is 16.0. The van der Waals surface area contributed by atoms with Crippen LogP contribution in [-0.2, 0) is 45.4 Å². The number of benzene rings is 4. The molecule has 0 saturated heterocycles. The summed E-state index contributed by atoms with van der Waals surface area (Å²) in [6, 6.07) is 37.3. The molecule has 45 heavy (non-hydrogen) atoms. The average molecular weight is 605 g/mol. The minimum Gasteiger partial charge on any atom is -0.351 e. The lowest BCUT2D eigenvalue weighted by Gasteiger charge is -2.37. The van der Waals surface area contributed by atoms with Crippen molar-refractivity contribution in [3.8, 4) is 0 Å². The van der Waals surface area contributed by atoms with Crippen LogP contribution in [0.1, 0.15) is 36.1 Å². The van der Waals surface area contributed by atoms with Crippen molar-refractivity contribution < 1.29 is 19.2 Å². The molecule has 0 atom stereocenters. The lowest BCUT2D eigenvalue weighted by Crippen LogP contribution is -2.57. The molecule has 4 amide bonds. The molecule has 4 aromatic carbocycles. The van der Waals surface area contributed by atoms with Gasteiger partial charge in [0, 0.05) is 31.6 Å². The Morgan fingerprint density at radius 2 is 0.622 bits per heavy atom. The van der Waals surface area contributed by atoms with Gasteiger partial charge in [0.2, 0.25) is 23.6 Å². The maximum Gasteiger partial charge on any atom is 0.233 e. The number of amides is 4. The fourth-order valence-electron chi connectivity index (χ4n) is 5.30. The molecule has 232 valence electrons. The van der Waals surface area contributed by atoms with E-state index in [1.54, 1.807) is 13.8 Å². The Labute approximate surface area is 264 Å². The van der Waals surface area contributed by atoms with Crippen molar-refractivity contribution >= 4 is 23.6 Å². The molecule has 8 nitrogen and oxygen atoms in total. The second-order valence-electron chi connectivity index (χ2n) is 11.5. The number of carbonyl (C=O) groups is 4. The van der Waals surface area contributed by atoms with E-state index in [0.717, 1.165) is 22.3 Å². The zero-order valence-electron chi connectivity index (χ0n) is 25.7. The molecule has 0 aliphatic carbocycles. The molecule has 4 aromatic rings. The molecular formula is C37H40N4O4. The highest BCUT2D eigenvalue weighted by molar-refractivity contribution is 6.06. The number of hydrogen-bond donors (Lipinski definition) is 4. The van der Waals surface area contributed by atoms with E-state index in [1.165, 1.54) is 0 Å². The van der Waals surface area contributed by atoms with Gasteiger partial charge in [-0.3, -0.25) is 19.2 Å². The molecule has 8 heteroatoms. The fraction of sp³-hybridized carbons (Fsp3) is 0.243. The van der Waals surface area contributed by atoms with E-state index in [9.17, 15) is 19.2 Å². The fourth-order valence-corrected chi connectivity index (χ4v) is 5.30. The highest BCUT2D eigenvalue weighted by atomic mass is 16.2. The van der Waals surface area contributed by atoms with Crippen LogP contribution in [0.3, 0.4) is 0 Å². The van der Waals surface area contributed by atoms with E-state index in [-0.39, 0.29) is 26.2 Å². The minimum atomic E-state index is -1.44. The third-order valence-corrected chi connectivity index (χ3v) is 7.78. The molecule has 0 heterocycles. The highest BCUT2D eigenvalue weighted by Crippen LogP contribution is 2.37. The van der Waals surface area contributed by atoms with Gasteiger partial charge in [-0.2, -0.15) is 0 Å². The molecule has 4 rings (SSSR count). The Morgan fingerprint density at radius 1 is 0.422 bits per heavy atom. The summed E-state index contributed by atoms with van der Waals surface area (Å²) in [4.78, 5) is 55.6. The quantitative estimate of drug-likeness (QED) is 0.159. The number of rotatable bonds is 14. The topological polar surface area (TPSA) is 116 Å². The smallest absolute Gasteiger partial charge is 0.233 e. The summed E-state index contributed by atoms with van der Waals surface area (Å²) in [7, 11) is 0. The molecule has 0 bridgehead atoms. The van der Waals surface area contributed by atoms with E-state index in [2.05, 4.69) is 21.3 Å². The van der Waals surface area contributed by atoms with Crippen molar-refractivity contribution in [1.82, 2.24) is 21.3 Å². The summed E-state index contributed by atoms with van der Waals surface area (Å²) in [5, 5.41) is 11.5. The van der Waals surface area contributed by atoms with Crippen molar-refractivity contribution in [3.05, 3.63) is 144 Å². The van der Waals surface area contributed by atoms with Gasteiger partial charge in [-0.25, -0.2) is 0 Å². The summed E-state index contributed by atoms with van der Waals surface area (Å²) in [5.74, 6) is -5.06. The largest absolute Gasteiger partial charge is 0.351 e. The van der Waals surface area contributed by atoms with Gasteiger partial charge in [-0.05, 0) is 22.3 Å². The zero-order valence-corrected chi connectivity index (χ0v) is 25.7. The molecule has 0 fully saturated rings. The van der Waals surface area contributed by atoms with Crippen molar-refractivity contribution in [3.63, 3.8) is 0 Å². The van der Waals surface area contributed by atoms with E-state index in [0.29, 0.717) is 0 Å². The zero-order chi connectivity index (χ0) is 32.1. The third-order valence-electron chi connectivity index (χ3n) is 7.78. The maximum atomic E-state index is 13.9. The lowest BCUT2D eigenvalue weighted by molar-refractivity contribution is -0.149. The monoisotopic (exact) mass is 604 g/mol. The molecule has 0 radical (unpaired) electrons. The second-order valence-corrected chi connectivity index (χ2v) is 11.5. The number of carbonyl (C=O) groups excluding carboxylic acids is 4. The summed E-state index contributed by atoms with van der Waals surface area (Å²) in [6.07, 6.45) is 0. The Hall–Kier alpha value is -5.24. The van der Waals surface area contributed by atoms with Crippen molar-refractivity contribution in [2.75, 3.05) is 0 Å². The molecule has 4 N–H and O–H groups in total. The van der Waals surface area contributed by atoms with Gasteiger partial charge in [0.25, 0.3) is 0 Å². The Balaban J connectivity index is 1.63. The van der Waals surface area contributed by atoms with E-state index < -0.39 is 40.9 Å². The predicted octanol–water partition coefficient (Wildman–Crippen LogP) is 4.51. The van der Waals surface area contributed by atoms with Crippen LogP contribution in [0.15, 0.2) is 121 Å². The molecule has 0 spiro atoms. The summed E-state index contributed by atoms with van der Waals surface area (Å²) in [6.45, 7) is 3.98.